The lowest BCUT2D eigenvalue weighted by molar-refractivity contribution is -0.117. The summed E-state index contributed by atoms with van der Waals surface area (Å²) in [6.07, 6.45) is 2.06. The maximum atomic E-state index is 12.3. The molecule has 0 atom stereocenters. The summed E-state index contributed by atoms with van der Waals surface area (Å²) >= 11 is 0. The maximum absolute atomic E-state index is 12.3. The van der Waals surface area contributed by atoms with Gasteiger partial charge in [-0.2, -0.15) is 5.26 Å². The average Bonchev–Trinajstić information content (AvgIpc) is 2.69. The smallest absolute Gasteiger partial charge is 0.263 e. The normalized spacial score (nSPS) is 10.8. The number of amides is 1. The summed E-state index contributed by atoms with van der Waals surface area (Å²) in [5.74, 6) is 0.882. The van der Waals surface area contributed by atoms with Crippen LogP contribution in [0, 0.1) is 32.1 Å². The van der Waals surface area contributed by atoms with Crippen molar-refractivity contribution in [1.82, 2.24) is 5.32 Å². The van der Waals surface area contributed by atoms with Crippen molar-refractivity contribution in [3.63, 3.8) is 0 Å². The summed E-state index contributed by atoms with van der Waals surface area (Å²) in [4.78, 5) is 12.3. The van der Waals surface area contributed by atoms with Crippen LogP contribution in [0.1, 0.15) is 22.3 Å². The Morgan fingerprint density at radius 2 is 1.72 bits per heavy atom. The van der Waals surface area contributed by atoms with E-state index in [4.69, 9.17) is 9.47 Å². The SMILES string of the molecule is COc1ccc(CCNC(=O)/C(C#N)=C\Nc2c(C)cc(C)cc2C)cc1OC. The van der Waals surface area contributed by atoms with Crippen molar-refractivity contribution < 1.29 is 14.3 Å². The fraction of sp³-hybridized carbons (Fsp3) is 0.304. The van der Waals surface area contributed by atoms with Crippen LogP contribution in [0.25, 0.3) is 0 Å². The Labute approximate surface area is 172 Å². The van der Waals surface area contributed by atoms with Gasteiger partial charge in [0.15, 0.2) is 11.5 Å². The number of ether oxygens (including phenoxy) is 2. The van der Waals surface area contributed by atoms with Crippen LogP contribution < -0.4 is 20.1 Å². The summed E-state index contributed by atoms with van der Waals surface area (Å²) in [7, 11) is 3.17. The number of hydrogen-bond acceptors (Lipinski definition) is 5. The third kappa shape index (κ3) is 5.76. The summed E-state index contributed by atoms with van der Waals surface area (Å²) < 4.78 is 10.5. The molecule has 0 bridgehead atoms. The zero-order valence-electron chi connectivity index (χ0n) is 17.6. The zero-order valence-corrected chi connectivity index (χ0v) is 17.6. The highest BCUT2D eigenvalue weighted by molar-refractivity contribution is 5.97. The number of carbonyl (C=O) groups is 1. The summed E-state index contributed by atoms with van der Waals surface area (Å²) in [6, 6.07) is 11.7. The number of aryl methyl sites for hydroxylation is 3. The van der Waals surface area contributed by atoms with Crippen molar-refractivity contribution >= 4 is 11.6 Å². The number of nitrogens with one attached hydrogen (secondary N) is 2. The van der Waals surface area contributed by atoms with Gasteiger partial charge in [-0.25, -0.2) is 0 Å². The molecule has 6 nitrogen and oxygen atoms in total. The molecule has 0 aliphatic carbocycles. The van der Waals surface area contributed by atoms with E-state index in [1.807, 2.05) is 45.0 Å². The minimum Gasteiger partial charge on any atom is -0.493 e. The third-order valence-electron chi connectivity index (χ3n) is 4.55. The molecule has 2 N–H and O–H groups in total. The Morgan fingerprint density at radius 1 is 1.07 bits per heavy atom. The number of nitrogens with zero attached hydrogens (tertiary/aromatic N) is 1. The van der Waals surface area contributed by atoms with E-state index in [-0.39, 0.29) is 5.57 Å². The molecule has 6 heteroatoms. The Kier molecular flexibility index (Phi) is 7.67. The van der Waals surface area contributed by atoms with Gasteiger partial charge in [-0.3, -0.25) is 4.79 Å². The van der Waals surface area contributed by atoms with Crippen LogP contribution >= 0.6 is 0 Å². The quantitative estimate of drug-likeness (QED) is 0.526. The molecule has 0 aromatic heterocycles. The van der Waals surface area contributed by atoms with E-state index in [9.17, 15) is 10.1 Å². The Bertz CT molecular complexity index is 935. The Morgan fingerprint density at radius 3 is 2.31 bits per heavy atom. The number of methoxy groups -OCH3 is 2. The molecule has 0 unspecified atom stereocenters. The predicted octanol–water partition coefficient (Wildman–Crippen LogP) is 3.81. The molecule has 2 rings (SSSR count). The van der Waals surface area contributed by atoms with Crippen molar-refractivity contribution in [1.29, 1.82) is 5.26 Å². The molecular weight excluding hydrogens is 366 g/mol. The average molecular weight is 393 g/mol. The number of nitriles is 1. The number of benzene rings is 2. The van der Waals surface area contributed by atoms with Gasteiger partial charge < -0.3 is 20.1 Å². The molecule has 0 spiro atoms. The van der Waals surface area contributed by atoms with Gasteiger partial charge in [0, 0.05) is 18.4 Å². The molecule has 2 aromatic carbocycles. The largest absolute Gasteiger partial charge is 0.493 e. The molecule has 0 heterocycles. The molecule has 0 aliphatic heterocycles. The molecule has 0 fully saturated rings. The second-order valence-electron chi connectivity index (χ2n) is 6.78. The van der Waals surface area contributed by atoms with E-state index in [2.05, 4.69) is 22.8 Å². The molecule has 1 amide bonds. The first-order chi connectivity index (χ1) is 13.9. The van der Waals surface area contributed by atoms with Crippen LogP contribution in [0.15, 0.2) is 42.1 Å². The van der Waals surface area contributed by atoms with Gasteiger partial charge in [0.2, 0.25) is 0 Å². The minimum absolute atomic E-state index is 0.0247. The van der Waals surface area contributed by atoms with E-state index >= 15 is 0 Å². The first-order valence-electron chi connectivity index (χ1n) is 9.33. The number of rotatable bonds is 8. The van der Waals surface area contributed by atoms with Crippen LogP contribution in [0.4, 0.5) is 5.69 Å². The van der Waals surface area contributed by atoms with Crippen molar-refractivity contribution in [3.05, 3.63) is 64.4 Å². The van der Waals surface area contributed by atoms with Crippen LogP contribution in [0.3, 0.4) is 0 Å². The van der Waals surface area contributed by atoms with Gasteiger partial charge in [-0.15, -0.1) is 0 Å². The number of carbonyl (C=O) groups excluding carboxylic acids is 1. The minimum atomic E-state index is -0.414. The van der Waals surface area contributed by atoms with Gasteiger partial charge in [0.1, 0.15) is 11.6 Å². The van der Waals surface area contributed by atoms with E-state index in [1.54, 1.807) is 14.2 Å². The second-order valence-corrected chi connectivity index (χ2v) is 6.78. The third-order valence-corrected chi connectivity index (χ3v) is 4.55. The maximum Gasteiger partial charge on any atom is 0.263 e. The summed E-state index contributed by atoms with van der Waals surface area (Å²) in [6.45, 7) is 6.42. The molecule has 0 saturated carbocycles. The van der Waals surface area contributed by atoms with Gasteiger partial charge in [-0.1, -0.05) is 23.8 Å². The van der Waals surface area contributed by atoms with E-state index < -0.39 is 5.91 Å². The second kappa shape index (κ2) is 10.2. The lowest BCUT2D eigenvalue weighted by Crippen LogP contribution is -2.27. The van der Waals surface area contributed by atoms with E-state index in [0.29, 0.717) is 24.5 Å². The topological polar surface area (TPSA) is 83.4 Å². The lowest BCUT2D eigenvalue weighted by atomic mass is 10.1. The molecule has 2 aromatic rings. The monoisotopic (exact) mass is 393 g/mol. The highest BCUT2D eigenvalue weighted by atomic mass is 16.5. The molecule has 152 valence electrons. The van der Waals surface area contributed by atoms with Gasteiger partial charge in [0.05, 0.1) is 14.2 Å². The predicted molar refractivity (Wildman–Crippen MR) is 114 cm³/mol. The van der Waals surface area contributed by atoms with Crippen molar-refractivity contribution in [2.45, 2.75) is 27.2 Å². The highest BCUT2D eigenvalue weighted by Crippen LogP contribution is 2.27. The van der Waals surface area contributed by atoms with E-state index in [1.165, 1.54) is 11.8 Å². The first-order valence-corrected chi connectivity index (χ1v) is 9.33. The molecular formula is C23H27N3O3. The summed E-state index contributed by atoms with van der Waals surface area (Å²) in [5.41, 5.74) is 5.21. The fourth-order valence-corrected chi connectivity index (χ4v) is 3.15. The zero-order chi connectivity index (χ0) is 21.4. The van der Waals surface area contributed by atoms with Crippen molar-refractivity contribution in [3.8, 4) is 17.6 Å². The first kappa shape index (κ1) is 21.8. The van der Waals surface area contributed by atoms with Crippen LogP contribution in [-0.2, 0) is 11.2 Å². The molecule has 29 heavy (non-hydrogen) atoms. The lowest BCUT2D eigenvalue weighted by Gasteiger charge is -2.12. The summed E-state index contributed by atoms with van der Waals surface area (Å²) in [5, 5.41) is 15.2. The van der Waals surface area contributed by atoms with Crippen LogP contribution in [0.2, 0.25) is 0 Å². The number of anilines is 1. The Balaban J connectivity index is 1.98. The highest BCUT2D eigenvalue weighted by Gasteiger charge is 2.10. The van der Waals surface area contributed by atoms with Crippen LogP contribution in [0.5, 0.6) is 11.5 Å². The van der Waals surface area contributed by atoms with E-state index in [0.717, 1.165) is 22.4 Å². The standard InChI is InChI=1S/C23H27N3O3/c1-15-10-16(2)22(17(3)11-15)26-14-19(13-24)23(27)25-9-8-18-6-7-20(28-4)21(12-18)29-5/h6-7,10-12,14,26H,8-9H2,1-5H3,(H,25,27)/b19-14-. The Hall–Kier alpha value is -3.46. The van der Waals surface area contributed by atoms with Crippen molar-refractivity contribution in [2.75, 3.05) is 26.1 Å². The molecule has 0 radical (unpaired) electrons. The van der Waals surface area contributed by atoms with Crippen LogP contribution in [-0.4, -0.2) is 26.7 Å². The van der Waals surface area contributed by atoms with Gasteiger partial charge in [-0.05, 0) is 56.0 Å². The molecule has 0 saturated heterocycles. The number of hydrogen-bond donors (Lipinski definition) is 2. The van der Waals surface area contributed by atoms with Gasteiger partial charge in [0.25, 0.3) is 5.91 Å². The van der Waals surface area contributed by atoms with Crippen molar-refractivity contribution in [2.24, 2.45) is 0 Å². The fourth-order valence-electron chi connectivity index (χ4n) is 3.15. The molecule has 0 aliphatic rings. The van der Waals surface area contributed by atoms with Gasteiger partial charge >= 0.3 is 0 Å².